The summed E-state index contributed by atoms with van der Waals surface area (Å²) in [4.78, 5) is 31.9. The minimum absolute atomic E-state index is 0.0751. The number of amides is 2. The van der Waals surface area contributed by atoms with Crippen molar-refractivity contribution in [2.45, 2.75) is 20.0 Å². The maximum Gasteiger partial charge on any atom is 0.271 e. The second-order valence-corrected chi connectivity index (χ2v) is 6.96. The number of H-pyrrole nitrogens is 1. The first-order chi connectivity index (χ1) is 14.3. The third-order valence-corrected chi connectivity index (χ3v) is 4.58. The van der Waals surface area contributed by atoms with Crippen molar-refractivity contribution in [3.63, 3.8) is 0 Å². The first kappa shape index (κ1) is 21.2. The predicted molar refractivity (Wildman–Crippen MR) is 111 cm³/mol. The number of aliphatic hydroxyl groups excluding tert-OH is 1. The SMILES string of the molecule is Cc1ccc(C(=O)NCC(O)CNC(=O)c2nc(-c3ccccc3)[nH]c2C)cc1F. The van der Waals surface area contributed by atoms with E-state index in [4.69, 9.17) is 0 Å². The molecule has 0 aliphatic carbocycles. The van der Waals surface area contributed by atoms with Gasteiger partial charge in [-0.05, 0) is 31.5 Å². The average molecular weight is 410 g/mol. The number of halogens is 1. The highest BCUT2D eigenvalue weighted by molar-refractivity contribution is 5.94. The molecule has 0 fully saturated rings. The van der Waals surface area contributed by atoms with Crippen molar-refractivity contribution < 1.29 is 19.1 Å². The van der Waals surface area contributed by atoms with E-state index in [2.05, 4.69) is 20.6 Å². The van der Waals surface area contributed by atoms with E-state index in [1.54, 1.807) is 13.8 Å². The highest BCUT2D eigenvalue weighted by Crippen LogP contribution is 2.17. The van der Waals surface area contributed by atoms with Crippen molar-refractivity contribution in [3.8, 4) is 11.4 Å². The van der Waals surface area contributed by atoms with Crippen molar-refractivity contribution in [2.24, 2.45) is 0 Å². The van der Waals surface area contributed by atoms with Gasteiger partial charge in [0, 0.05) is 29.9 Å². The summed E-state index contributed by atoms with van der Waals surface area (Å²) in [5, 5.41) is 15.2. The van der Waals surface area contributed by atoms with Gasteiger partial charge >= 0.3 is 0 Å². The van der Waals surface area contributed by atoms with E-state index in [0.29, 0.717) is 17.1 Å². The number of aromatic nitrogens is 2. The number of imidazole rings is 1. The number of aromatic amines is 1. The van der Waals surface area contributed by atoms with Crippen LogP contribution >= 0.6 is 0 Å². The van der Waals surface area contributed by atoms with Crippen LogP contribution in [-0.2, 0) is 0 Å². The van der Waals surface area contributed by atoms with Crippen molar-refractivity contribution in [1.29, 1.82) is 0 Å². The molecule has 0 bridgehead atoms. The first-order valence-electron chi connectivity index (χ1n) is 9.47. The summed E-state index contributed by atoms with van der Waals surface area (Å²) in [5.41, 5.74) is 2.30. The maximum absolute atomic E-state index is 13.6. The fourth-order valence-electron chi connectivity index (χ4n) is 2.83. The van der Waals surface area contributed by atoms with Gasteiger partial charge < -0.3 is 20.7 Å². The standard InChI is InChI=1S/C22H23FN4O3/c1-13-8-9-16(10-18(13)23)21(29)24-11-17(28)12-25-22(30)19-14(2)26-20(27-19)15-6-4-3-5-7-15/h3-10,17,28H,11-12H2,1-2H3,(H,24,29)(H,25,30)(H,26,27). The number of benzene rings is 2. The van der Waals surface area contributed by atoms with Crippen LogP contribution in [0.4, 0.5) is 4.39 Å². The maximum atomic E-state index is 13.6. The molecule has 0 aliphatic heterocycles. The summed E-state index contributed by atoms with van der Waals surface area (Å²) >= 11 is 0. The Morgan fingerprint density at radius 3 is 2.40 bits per heavy atom. The number of nitrogens with zero attached hydrogens (tertiary/aromatic N) is 1. The third kappa shape index (κ3) is 5.09. The van der Waals surface area contributed by atoms with Crippen LogP contribution in [0.2, 0.25) is 0 Å². The second kappa shape index (κ2) is 9.32. The van der Waals surface area contributed by atoms with E-state index >= 15 is 0 Å². The highest BCUT2D eigenvalue weighted by Gasteiger charge is 2.17. The van der Waals surface area contributed by atoms with Gasteiger partial charge in [-0.2, -0.15) is 0 Å². The Kier molecular flexibility index (Phi) is 6.58. The van der Waals surface area contributed by atoms with Crippen LogP contribution in [0.25, 0.3) is 11.4 Å². The van der Waals surface area contributed by atoms with Crippen LogP contribution in [-0.4, -0.2) is 46.1 Å². The van der Waals surface area contributed by atoms with Crippen molar-refractivity contribution >= 4 is 11.8 Å². The molecule has 1 unspecified atom stereocenters. The molecule has 156 valence electrons. The number of nitrogens with one attached hydrogen (secondary N) is 3. The Bertz CT molecular complexity index is 1050. The van der Waals surface area contributed by atoms with E-state index in [0.717, 1.165) is 11.6 Å². The fraction of sp³-hybridized carbons (Fsp3) is 0.227. The molecule has 4 N–H and O–H groups in total. The Morgan fingerprint density at radius 1 is 1.07 bits per heavy atom. The minimum atomic E-state index is -1.01. The number of hydrogen-bond acceptors (Lipinski definition) is 4. The summed E-state index contributed by atoms with van der Waals surface area (Å²) in [7, 11) is 0. The average Bonchev–Trinajstić information content (AvgIpc) is 3.14. The molecule has 8 heteroatoms. The lowest BCUT2D eigenvalue weighted by atomic mass is 10.1. The van der Waals surface area contributed by atoms with Gasteiger partial charge in [0.05, 0.1) is 6.10 Å². The summed E-state index contributed by atoms with van der Waals surface area (Å²) in [6.45, 7) is 3.18. The van der Waals surface area contributed by atoms with Crippen molar-refractivity contribution in [3.05, 3.63) is 76.9 Å². The molecule has 1 atom stereocenters. The molecular formula is C22H23FN4O3. The normalized spacial score (nSPS) is 11.7. The zero-order chi connectivity index (χ0) is 21.7. The monoisotopic (exact) mass is 410 g/mol. The number of aliphatic hydroxyl groups is 1. The number of carbonyl (C=O) groups is 2. The zero-order valence-corrected chi connectivity index (χ0v) is 16.7. The van der Waals surface area contributed by atoms with E-state index in [1.165, 1.54) is 12.1 Å². The molecule has 2 aromatic carbocycles. The molecule has 0 saturated heterocycles. The first-order valence-corrected chi connectivity index (χ1v) is 9.47. The van der Waals surface area contributed by atoms with Crippen molar-refractivity contribution in [1.82, 2.24) is 20.6 Å². The van der Waals surface area contributed by atoms with Crippen LogP contribution in [0.15, 0.2) is 48.5 Å². The van der Waals surface area contributed by atoms with E-state index in [9.17, 15) is 19.1 Å². The summed E-state index contributed by atoms with van der Waals surface area (Å²) in [5.74, 6) is -0.831. The highest BCUT2D eigenvalue weighted by atomic mass is 19.1. The summed E-state index contributed by atoms with van der Waals surface area (Å²) in [6.07, 6.45) is -1.01. The van der Waals surface area contributed by atoms with Gasteiger partial charge in [0.25, 0.3) is 11.8 Å². The number of carbonyl (C=O) groups excluding carboxylic acids is 2. The fourth-order valence-corrected chi connectivity index (χ4v) is 2.83. The lowest BCUT2D eigenvalue weighted by Gasteiger charge is -2.13. The molecule has 3 rings (SSSR count). The van der Waals surface area contributed by atoms with Crippen molar-refractivity contribution in [2.75, 3.05) is 13.1 Å². The molecular weight excluding hydrogens is 387 g/mol. The molecule has 0 spiro atoms. The molecule has 2 amide bonds. The lowest BCUT2D eigenvalue weighted by molar-refractivity contribution is 0.0882. The molecule has 1 aromatic heterocycles. The summed E-state index contributed by atoms with van der Waals surface area (Å²) in [6, 6.07) is 13.6. The Hall–Kier alpha value is -3.52. The minimum Gasteiger partial charge on any atom is -0.389 e. The number of hydrogen-bond donors (Lipinski definition) is 4. The molecule has 3 aromatic rings. The van der Waals surface area contributed by atoms with Crippen LogP contribution in [0, 0.1) is 19.7 Å². The van der Waals surface area contributed by atoms with Crippen LogP contribution in [0.1, 0.15) is 32.1 Å². The zero-order valence-electron chi connectivity index (χ0n) is 16.7. The molecule has 0 radical (unpaired) electrons. The smallest absolute Gasteiger partial charge is 0.271 e. The van der Waals surface area contributed by atoms with E-state index < -0.39 is 23.7 Å². The molecule has 7 nitrogen and oxygen atoms in total. The van der Waals surface area contributed by atoms with E-state index in [1.807, 2.05) is 30.3 Å². The Labute approximate surface area is 173 Å². The van der Waals surface area contributed by atoms with Crippen LogP contribution in [0.5, 0.6) is 0 Å². The van der Waals surface area contributed by atoms with Gasteiger partial charge in [0.1, 0.15) is 17.3 Å². The second-order valence-electron chi connectivity index (χ2n) is 6.96. The van der Waals surface area contributed by atoms with Gasteiger partial charge in [-0.15, -0.1) is 0 Å². The predicted octanol–water partition coefficient (Wildman–Crippen LogP) is 2.35. The van der Waals surface area contributed by atoms with Gasteiger partial charge in [-0.1, -0.05) is 36.4 Å². The molecule has 0 saturated carbocycles. The van der Waals surface area contributed by atoms with Gasteiger partial charge in [0.2, 0.25) is 0 Å². The molecule has 1 heterocycles. The van der Waals surface area contributed by atoms with Crippen LogP contribution < -0.4 is 10.6 Å². The van der Waals surface area contributed by atoms with Gasteiger partial charge in [-0.25, -0.2) is 9.37 Å². The largest absolute Gasteiger partial charge is 0.389 e. The molecule has 0 aliphatic rings. The Morgan fingerprint density at radius 2 is 1.73 bits per heavy atom. The van der Waals surface area contributed by atoms with E-state index in [-0.39, 0.29) is 24.3 Å². The Balaban J connectivity index is 1.51. The van der Waals surface area contributed by atoms with Gasteiger partial charge in [0.15, 0.2) is 0 Å². The van der Waals surface area contributed by atoms with Gasteiger partial charge in [-0.3, -0.25) is 9.59 Å². The molecule has 30 heavy (non-hydrogen) atoms. The number of rotatable bonds is 7. The quantitative estimate of drug-likeness (QED) is 0.480. The third-order valence-electron chi connectivity index (χ3n) is 4.58. The summed E-state index contributed by atoms with van der Waals surface area (Å²) < 4.78 is 13.6. The van der Waals surface area contributed by atoms with Crippen LogP contribution in [0.3, 0.4) is 0 Å². The lowest BCUT2D eigenvalue weighted by Crippen LogP contribution is -2.40. The number of aryl methyl sites for hydroxylation is 2. The topological polar surface area (TPSA) is 107 Å².